The maximum Gasteiger partial charge on any atom is 0.0924 e. The Morgan fingerprint density at radius 1 is 0.900 bits per heavy atom. The normalized spacial score (nSPS) is 10.4. The van der Waals surface area contributed by atoms with Crippen molar-refractivity contribution in [2.75, 3.05) is 0 Å². The first kappa shape index (κ1) is 14.3. The minimum Gasteiger partial charge on any atom is -0.281 e. The summed E-state index contributed by atoms with van der Waals surface area (Å²) in [5.41, 5.74) is 4.74. The standard InChI is InChI=1S/C16H16N2.C2H6/c1-11(2)16-14-10-13(8-9-15(14)17-18-16)12-6-4-3-5-7-12;1-2/h3-11H,1-2H3,(H,17,18);1-2H3. The first-order valence-corrected chi connectivity index (χ1v) is 7.29. The highest BCUT2D eigenvalue weighted by atomic mass is 15.1. The summed E-state index contributed by atoms with van der Waals surface area (Å²) < 4.78 is 0. The molecule has 0 spiro atoms. The van der Waals surface area contributed by atoms with E-state index in [1.807, 2.05) is 19.9 Å². The van der Waals surface area contributed by atoms with Crippen molar-refractivity contribution in [1.82, 2.24) is 10.2 Å². The SMILES string of the molecule is CC.CC(C)c1[nH]nc2ccc(-c3ccccc3)cc12. The Labute approximate surface area is 120 Å². The fourth-order valence-corrected chi connectivity index (χ4v) is 2.28. The number of fused-ring (bicyclic) bond motifs is 1. The molecule has 3 rings (SSSR count). The van der Waals surface area contributed by atoms with E-state index in [0.717, 1.165) is 5.52 Å². The monoisotopic (exact) mass is 266 g/mol. The highest BCUT2D eigenvalue weighted by Gasteiger charge is 2.09. The third-order valence-electron chi connectivity index (χ3n) is 3.27. The highest BCUT2D eigenvalue weighted by molar-refractivity contribution is 5.86. The Balaban J connectivity index is 0.000000704. The summed E-state index contributed by atoms with van der Waals surface area (Å²) in [6.07, 6.45) is 0. The smallest absolute Gasteiger partial charge is 0.0924 e. The summed E-state index contributed by atoms with van der Waals surface area (Å²) in [5.74, 6) is 0.459. The van der Waals surface area contributed by atoms with E-state index in [0.29, 0.717) is 5.92 Å². The van der Waals surface area contributed by atoms with Gasteiger partial charge in [0.25, 0.3) is 0 Å². The second kappa shape index (κ2) is 6.38. The predicted molar refractivity (Wildman–Crippen MR) is 87.0 cm³/mol. The van der Waals surface area contributed by atoms with Gasteiger partial charge in [-0.3, -0.25) is 5.10 Å². The van der Waals surface area contributed by atoms with Gasteiger partial charge >= 0.3 is 0 Å². The summed E-state index contributed by atoms with van der Waals surface area (Å²) in [6, 6.07) is 16.9. The van der Waals surface area contributed by atoms with Crippen LogP contribution in [-0.2, 0) is 0 Å². The lowest BCUT2D eigenvalue weighted by molar-refractivity contribution is 0.818. The number of benzene rings is 2. The van der Waals surface area contributed by atoms with Gasteiger partial charge in [-0.1, -0.05) is 64.1 Å². The fourth-order valence-electron chi connectivity index (χ4n) is 2.28. The molecule has 1 heterocycles. The van der Waals surface area contributed by atoms with E-state index in [9.17, 15) is 0 Å². The summed E-state index contributed by atoms with van der Waals surface area (Å²) in [7, 11) is 0. The number of H-pyrrole nitrogens is 1. The van der Waals surface area contributed by atoms with E-state index in [1.54, 1.807) is 0 Å². The van der Waals surface area contributed by atoms with Crippen molar-refractivity contribution in [2.24, 2.45) is 0 Å². The Hall–Kier alpha value is -2.09. The molecule has 3 aromatic rings. The van der Waals surface area contributed by atoms with Gasteiger partial charge in [-0.15, -0.1) is 0 Å². The molecule has 2 aromatic carbocycles. The quantitative estimate of drug-likeness (QED) is 0.662. The third-order valence-corrected chi connectivity index (χ3v) is 3.27. The minimum absolute atomic E-state index is 0.459. The molecule has 0 saturated heterocycles. The molecule has 0 aliphatic carbocycles. The Morgan fingerprint density at radius 3 is 2.25 bits per heavy atom. The van der Waals surface area contributed by atoms with Gasteiger partial charge in [-0.25, -0.2) is 0 Å². The maximum absolute atomic E-state index is 4.35. The third kappa shape index (κ3) is 2.74. The molecule has 0 amide bonds. The average Bonchev–Trinajstić information content (AvgIpc) is 2.93. The molecule has 0 aliphatic heterocycles. The lowest BCUT2D eigenvalue weighted by Gasteiger charge is -2.04. The van der Waals surface area contributed by atoms with Crippen LogP contribution in [-0.4, -0.2) is 10.2 Å². The van der Waals surface area contributed by atoms with Gasteiger partial charge in [0.2, 0.25) is 0 Å². The zero-order valence-corrected chi connectivity index (χ0v) is 12.6. The van der Waals surface area contributed by atoms with Crippen molar-refractivity contribution in [3.8, 4) is 11.1 Å². The van der Waals surface area contributed by atoms with Gasteiger partial charge in [-0.05, 0) is 29.2 Å². The van der Waals surface area contributed by atoms with E-state index < -0.39 is 0 Å². The summed E-state index contributed by atoms with van der Waals surface area (Å²) in [4.78, 5) is 0. The molecular formula is C18H22N2. The van der Waals surface area contributed by atoms with Gasteiger partial charge in [0, 0.05) is 11.1 Å². The van der Waals surface area contributed by atoms with Gasteiger partial charge in [0.1, 0.15) is 0 Å². The number of aromatic amines is 1. The van der Waals surface area contributed by atoms with Crippen LogP contribution in [0.25, 0.3) is 22.0 Å². The number of hydrogen-bond donors (Lipinski definition) is 1. The topological polar surface area (TPSA) is 28.7 Å². The number of hydrogen-bond acceptors (Lipinski definition) is 1. The predicted octanol–water partition coefficient (Wildman–Crippen LogP) is 5.38. The Bertz CT molecular complexity index is 666. The molecule has 1 N–H and O–H groups in total. The average molecular weight is 266 g/mol. The van der Waals surface area contributed by atoms with Gasteiger partial charge < -0.3 is 0 Å². The molecule has 104 valence electrons. The number of nitrogens with zero attached hydrogens (tertiary/aromatic N) is 1. The van der Waals surface area contributed by atoms with E-state index in [-0.39, 0.29) is 0 Å². The molecule has 1 aromatic heterocycles. The fraction of sp³-hybridized carbons (Fsp3) is 0.278. The van der Waals surface area contributed by atoms with E-state index in [1.165, 1.54) is 22.2 Å². The first-order chi connectivity index (χ1) is 9.75. The lowest BCUT2D eigenvalue weighted by atomic mass is 10.0. The molecule has 2 heteroatoms. The minimum atomic E-state index is 0.459. The number of aromatic nitrogens is 2. The summed E-state index contributed by atoms with van der Waals surface area (Å²) in [5, 5.41) is 8.72. The molecular weight excluding hydrogens is 244 g/mol. The van der Waals surface area contributed by atoms with E-state index in [2.05, 4.69) is 66.5 Å². The maximum atomic E-state index is 4.35. The van der Waals surface area contributed by atoms with E-state index >= 15 is 0 Å². The summed E-state index contributed by atoms with van der Waals surface area (Å²) >= 11 is 0. The molecule has 0 saturated carbocycles. The molecule has 2 nitrogen and oxygen atoms in total. The van der Waals surface area contributed by atoms with Gasteiger partial charge in [0.05, 0.1) is 5.52 Å². The number of rotatable bonds is 2. The van der Waals surface area contributed by atoms with E-state index in [4.69, 9.17) is 0 Å². The van der Waals surface area contributed by atoms with Crippen LogP contribution in [0, 0.1) is 0 Å². The molecule has 0 bridgehead atoms. The van der Waals surface area contributed by atoms with Crippen molar-refractivity contribution in [2.45, 2.75) is 33.6 Å². The van der Waals surface area contributed by atoms with Crippen molar-refractivity contribution in [1.29, 1.82) is 0 Å². The van der Waals surface area contributed by atoms with Gasteiger partial charge in [0.15, 0.2) is 0 Å². The first-order valence-electron chi connectivity index (χ1n) is 7.29. The highest BCUT2D eigenvalue weighted by Crippen LogP contribution is 2.28. The van der Waals surface area contributed by atoms with Crippen LogP contribution in [0.1, 0.15) is 39.3 Å². The Morgan fingerprint density at radius 2 is 1.60 bits per heavy atom. The summed E-state index contributed by atoms with van der Waals surface area (Å²) in [6.45, 7) is 8.37. The van der Waals surface area contributed by atoms with Crippen LogP contribution in [0.3, 0.4) is 0 Å². The zero-order valence-electron chi connectivity index (χ0n) is 12.6. The largest absolute Gasteiger partial charge is 0.281 e. The molecule has 0 atom stereocenters. The molecule has 20 heavy (non-hydrogen) atoms. The van der Waals surface area contributed by atoms with Crippen molar-refractivity contribution >= 4 is 10.9 Å². The van der Waals surface area contributed by atoms with Crippen LogP contribution in [0.4, 0.5) is 0 Å². The van der Waals surface area contributed by atoms with Crippen LogP contribution < -0.4 is 0 Å². The Kier molecular flexibility index (Phi) is 4.57. The molecule has 0 radical (unpaired) electrons. The zero-order chi connectivity index (χ0) is 14.5. The van der Waals surface area contributed by atoms with Crippen molar-refractivity contribution in [3.05, 3.63) is 54.2 Å². The molecule has 0 fully saturated rings. The lowest BCUT2D eigenvalue weighted by Crippen LogP contribution is -1.87. The van der Waals surface area contributed by atoms with Crippen LogP contribution in [0.15, 0.2) is 48.5 Å². The molecule has 0 aliphatic rings. The second-order valence-corrected chi connectivity index (χ2v) is 4.89. The second-order valence-electron chi connectivity index (χ2n) is 4.89. The number of nitrogens with one attached hydrogen (secondary N) is 1. The van der Waals surface area contributed by atoms with Gasteiger partial charge in [-0.2, -0.15) is 5.10 Å². The van der Waals surface area contributed by atoms with Crippen LogP contribution in [0.5, 0.6) is 0 Å². The van der Waals surface area contributed by atoms with Crippen molar-refractivity contribution in [3.63, 3.8) is 0 Å². The van der Waals surface area contributed by atoms with Crippen LogP contribution >= 0.6 is 0 Å². The molecule has 0 unspecified atom stereocenters. The van der Waals surface area contributed by atoms with Crippen LogP contribution in [0.2, 0.25) is 0 Å². The van der Waals surface area contributed by atoms with Crippen molar-refractivity contribution < 1.29 is 0 Å².